The van der Waals surface area contributed by atoms with Crippen molar-refractivity contribution in [2.45, 2.75) is 25.7 Å². The number of carbonyl (C=O) groups excluding carboxylic acids is 1. The number of nitrogens with one attached hydrogen (secondary N) is 2. The number of aromatic nitrogens is 6. The molecule has 1 aliphatic heterocycles. The zero-order valence-electron chi connectivity index (χ0n) is 15.8. The second-order valence-corrected chi connectivity index (χ2v) is 6.78. The molecule has 148 valence electrons. The Morgan fingerprint density at radius 1 is 1.21 bits per heavy atom. The summed E-state index contributed by atoms with van der Waals surface area (Å²) >= 11 is 0. The van der Waals surface area contributed by atoms with E-state index < -0.39 is 0 Å². The summed E-state index contributed by atoms with van der Waals surface area (Å²) in [7, 11) is 1.77. The van der Waals surface area contributed by atoms with E-state index in [2.05, 4.69) is 31.0 Å². The highest BCUT2D eigenvalue weighted by Crippen LogP contribution is 2.23. The van der Waals surface area contributed by atoms with Gasteiger partial charge in [-0.2, -0.15) is 10.1 Å². The highest BCUT2D eigenvalue weighted by atomic mass is 35.5. The SMILES string of the molecule is Cc1ccc(-n2cc(C(=O)Nc3nc(C4CCNCC4)nn3C)nn2)cc1.Cl. The van der Waals surface area contributed by atoms with E-state index in [1.165, 1.54) is 0 Å². The van der Waals surface area contributed by atoms with E-state index in [0.29, 0.717) is 11.9 Å². The molecule has 3 aromatic rings. The third kappa shape index (κ3) is 4.20. The highest BCUT2D eigenvalue weighted by molar-refractivity contribution is 6.01. The van der Waals surface area contributed by atoms with Gasteiger partial charge in [0.2, 0.25) is 5.95 Å². The topological polar surface area (TPSA) is 103 Å². The fourth-order valence-electron chi connectivity index (χ4n) is 3.12. The average Bonchev–Trinajstić information content (AvgIpc) is 3.31. The van der Waals surface area contributed by atoms with Crippen molar-refractivity contribution in [3.05, 3.63) is 47.5 Å². The molecule has 28 heavy (non-hydrogen) atoms. The summed E-state index contributed by atoms with van der Waals surface area (Å²) in [6.45, 7) is 3.95. The van der Waals surface area contributed by atoms with Gasteiger partial charge in [-0.1, -0.05) is 22.9 Å². The van der Waals surface area contributed by atoms with Crippen LogP contribution in [0.5, 0.6) is 0 Å². The van der Waals surface area contributed by atoms with Gasteiger partial charge >= 0.3 is 0 Å². The zero-order valence-corrected chi connectivity index (χ0v) is 16.6. The normalized spacial score (nSPS) is 14.5. The van der Waals surface area contributed by atoms with Crippen LogP contribution in [0.15, 0.2) is 30.5 Å². The molecule has 0 saturated carbocycles. The number of piperidine rings is 1. The fraction of sp³-hybridized carbons (Fsp3) is 0.389. The van der Waals surface area contributed by atoms with Crippen molar-refractivity contribution < 1.29 is 4.79 Å². The van der Waals surface area contributed by atoms with E-state index in [-0.39, 0.29) is 24.0 Å². The lowest BCUT2D eigenvalue weighted by atomic mass is 9.98. The molecule has 0 spiro atoms. The Labute approximate surface area is 168 Å². The van der Waals surface area contributed by atoms with Crippen LogP contribution >= 0.6 is 12.4 Å². The molecular formula is C18H23ClN8O. The van der Waals surface area contributed by atoms with E-state index in [1.807, 2.05) is 31.2 Å². The number of halogens is 1. The summed E-state index contributed by atoms with van der Waals surface area (Å²) < 4.78 is 3.17. The first-order valence-corrected chi connectivity index (χ1v) is 9.02. The lowest BCUT2D eigenvalue weighted by molar-refractivity contribution is 0.102. The first kappa shape index (κ1) is 20.0. The quantitative estimate of drug-likeness (QED) is 0.690. The molecule has 9 nitrogen and oxygen atoms in total. The Morgan fingerprint density at radius 2 is 1.93 bits per heavy atom. The number of hydrogen-bond acceptors (Lipinski definition) is 6. The number of nitrogens with zero attached hydrogens (tertiary/aromatic N) is 6. The van der Waals surface area contributed by atoms with Crippen LogP contribution in [0.1, 0.15) is 40.6 Å². The number of anilines is 1. The van der Waals surface area contributed by atoms with Crippen LogP contribution in [0.4, 0.5) is 5.95 Å². The van der Waals surface area contributed by atoms with Gasteiger partial charge in [0.1, 0.15) is 0 Å². The van der Waals surface area contributed by atoms with Crippen LogP contribution in [0, 0.1) is 6.92 Å². The van der Waals surface area contributed by atoms with Crippen molar-refractivity contribution in [2.24, 2.45) is 7.05 Å². The smallest absolute Gasteiger partial charge is 0.280 e. The molecule has 0 aliphatic carbocycles. The molecule has 1 amide bonds. The fourth-order valence-corrected chi connectivity index (χ4v) is 3.12. The number of benzene rings is 1. The van der Waals surface area contributed by atoms with E-state index in [1.54, 1.807) is 22.6 Å². The highest BCUT2D eigenvalue weighted by Gasteiger charge is 2.22. The van der Waals surface area contributed by atoms with Crippen LogP contribution in [0.2, 0.25) is 0 Å². The predicted octanol–water partition coefficient (Wildman–Crippen LogP) is 1.85. The summed E-state index contributed by atoms with van der Waals surface area (Å²) in [6.07, 6.45) is 3.61. The van der Waals surface area contributed by atoms with Crippen LogP contribution < -0.4 is 10.6 Å². The molecule has 1 aliphatic rings. The van der Waals surface area contributed by atoms with Crippen molar-refractivity contribution in [3.8, 4) is 5.69 Å². The number of amides is 1. The minimum atomic E-state index is -0.360. The number of carbonyl (C=O) groups is 1. The third-order valence-corrected chi connectivity index (χ3v) is 4.73. The Balaban J connectivity index is 0.00000225. The van der Waals surface area contributed by atoms with Crippen molar-refractivity contribution in [3.63, 3.8) is 0 Å². The Bertz CT molecular complexity index is 943. The number of hydrogen-bond donors (Lipinski definition) is 2. The Hall–Kier alpha value is -2.78. The van der Waals surface area contributed by atoms with Crippen molar-refractivity contribution in [2.75, 3.05) is 18.4 Å². The first-order chi connectivity index (χ1) is 13.1. The number of rotatable bonds is 4. The molecule has 2 N–H and O–H groups in total. The molecule has 2 aromatic heterocycles. The van der Waals surface area contributed by atoms with E-state index in [4.69, 9.17) is 0 Å². The molecular weight excluding hydrogens is 380 g/mol. The van der Waals surface area contributed by atoms with Crippen LogP contribution in [-0.4, -0.2) is 48.8 Å². The zero-order chi connectivity index (χ0) is 18.8. The van der Waals surface area contributed by atoms with Crippen molar-refractivity contribution in [1.29, 1.82) is 0 Å². The van der Waals surface area contributed by atoms with Gasteiger partial charge in [0.15, 0.2) is 11.5 Å². The van der Waals surface area contributed by atoms with Gasteiger partial charge in [-0.3, -0.25) is 10.1 Å². The molecule has 0 radical (unpaired) electrons. The summed E-state index contributed by atoms with van der Waals surface area (Å²) in [4.78, 5) is 17.0. The minimum Gasteiger partial charge on any atom is -0.317 e. The molecule has 0 unspecified atom stereocenters. The third-order valence-electron chi connectivity index (χ3n) is 4.73. The molecule has 0 atom stereocenters. The molecule has 3 heterocycles. The van der Waals surface area contributed by atoms with E-state index in [0.717, 1.165) is 43.0 Å². The van der Waals surface area contributed by atoms with Gasteiger partial charge in [0.25, 0.3) is 5.91 Å². The lowest BCUT2D eigenvalue weighted by Gasteiger charge is -2.19. The first-order valence-electron chi connectivity index (χ1n) is 9.02. The predicted molar refractivity (Wildman–Crippen MR) is 107 cm³/mol. The standard InChI is InChI=1S/C18H22N8O.ClH/c1-12-3-5-14(6-4-12)26-11-15(22-24-26)17(27)21-18-20-16(23-25(18)2)13-7-9-19-10-8-13;/h3-6,11,13,19H,7-10H2,1-2H3,(H,20,21,23,27);1H. The van der Waals surface area contributed by atoms with E-state index in [9.17, 15) is 4.79 Å². The maximum Gasteiger partial charge on any atom is 0.280 e. The maximum absolute atomic E-state index is 12.5. The van der Waals surface area contributed by atoms with Crippen LogP contribution in [0.3, 0.4) is 0 Å². The molecule has 1 aromatic carbocycles. The molecule has 4 rings (SSSR count). The average molecular weight is 403 g/mol. The van der Waals surface area contributed by atoms with E-state index >= 15 is 0 Å². The molecule has 1 saturated heterocycles. The summed E-state index contributed by atoms with van der Waals surface area (Å²) in [5.74, 6) is 1.15. The molecule has 0 bridgehead atoms. The van der Waals surface area contributed by atoms with Gasteiger partial charge < -0.3 is 5.32 Å². The second kappa shape index (κ2) is 8.49. The van der Waals surface area contributed by atoms with Crippen molar-refractivity contribution >= 4 is 24.3 Å². The van der Waals surface area contributed by atoms with Gasteiger partial charge in [0.05, 0.1) is 11.9 Å². The van der Waals surface area contributed by atoms with Gasteiger partial charge in [-0.25, -0.2) is 9.36 Å². The second-order valence-electron chi connectivity index (χ2n) is 6.78. The van der Waals surface area contributed by atoms with Gasteiger partial charge in [-0.15, -0.1) is 17.5 Å². The minimum absolute atomic E-state index is 0. The summed E-state index contributed by atoms with van der Waals surface area (Å²) in [6, 6.07) is 7.83. The van der Waals surface area contributed by atoms with Crippen molar-refractivity contribution in [1.82, 2.24) is 35.1 Å². The Kier molecular flexibility index (Phi) is 6.05. The maximum atomic E-state index is 12.5. The lowest BCUT2D eigenvalue weighted by Crippen LogP contribution is -2.27. The van der Waals surface area contributed by atoms with Crippen LogP contribution in [0.25, 0.3) is 5.69 Å². The monoisotopic (exact) mass is 402 g/mol. The number of aryl methyl sites for hydroxylation is 2. The largest absolute Gasteiger partial charge is 0.317 e. The molecule has 10 heteroatoms. The van der Waals surface area contributed by atoms with Crippen LogP contribution in [-0.2, 0) is 7.05 Å². The molecule has 1 fully saturated rings. The summed E-state index contributed by atoms with van der Waals surface area (Å²) in [5, 5.41) is 18.6. The Morgan fingerprint density at radius 3 is 2.64 bits per heavy atom. The van der Waals surface area contributed by atoms with Gasteiger partial charge in [-0.05, 0) is 45.0 Å². The summed E-state index contributed by atoms with van der Waals surface area (Å²) in [5.41, 5.74) is 2.23. The van der Waals surface area contributed by atoms with Gasteiger partial charge in [0, 0.05) is 13.0 Å².